The maximum atomic E-state index is 12.7. The van der Waals surface area contributed by atoms with Gasteiger partial charge in [0.15, 0.2) is 0 Å². The molecule has 7 heteroatoms. The van der Waals surface area contributed by atoms with Gasteiger partial charge in [0.2, 0.25) is 0 Å². The average molecular weight is 374 g/mol. The number of hydrogen-bond donors (Lipinski definition) is 0. The molecule has 0 bridgehead atoms. The Labute approximate surface area is 157 Å². The number of likely N-dealkylation sites (tertiary alicyclic amines) is 1. The molecule has 0 unspecified atom stereocenters. The number of benzene rings is 1. The molecule has 26 heavy (non-hydrogen) atoms. The van der Waals surface area contributed by atoms with E-state index in [0.717, 1.165) is 31.6 Å². The van der Waals surface area contributed by atoms with Crippen molar-refractivity contribution < 1.29 is 14.3 Å². The lowest BCUT2D eigenvalue weighted by atomic mass is 9.89. The van der Waals surface area contributed by atoms with Gasteiger partial charge in [0.1, 0.15) is 11.9 Å². The summed E-state index contributed by atoms with van der Waals surface area (Å²) in [7, 11) is 0. The van der Waals surface area contributed by atoms with Gasteiger partial charge in [0, 0.05) is 18.0 Å². The van der Waals surface area contributed by atoms with E-state index in [1.165, 1.54) is 12.4 Å². The van der Waals surface area contributed by atoms with Gasteiger partial charge < -0.3 is 14.4 Å². The third kappa shape index (κ3) is 3.66. The van der Waals surface area contributed by atoms with Crippen LogP contribution in [-0.2, 0) is 4.74 Å². The Bertz CT molecular complexity index is 789. The van der Waals surface area contributed by atoms with Gasteiger partial charge in [-0.15, -0.1) is 0 Å². The Morgan fingerprint density at radius 2 is 2.27 bits per heavy atom. The molecule has 0 aliphatic carbocycles. The molecule has 1 aromatic carbocycles. The van der Waals surface area contributed by atoms with Crippen molar-refractivity contribution in [1.29, 1.82) is 0 Å². The fourth-order valence-corrected chi connectivity index (χ4v) is 3.95. The molecular weight excluding hydrogens is 354 g/mol. The molecule has 0 N–H and O–H groups in total. The predicted octanol–water partition coefficient (Wildman–Crippen LogP) is 2.97. The molecule has 3 heterocycles. The maximum Gasteiger partial charge on any atom is 0.255 e. The summed E-state index contributed by atoms with van der Waals surface area (Å²) in [5.41, 5.74) is 0.221. The van der Waals surface area contributed by atoms with Crippen molar-refractivity contribution in [3.8, 4) is 5.75 Å². The molecule has 0 radical (unpaired) electrons. The number of amides is 1. The molecule has 2 aliphatic rings. The van der Waals surface area contributed by atoms with Crippen molar-refractivity contribution in [2.24, 2.45) is 0 Å². The smallest absolute Gasteiger partial charge is 0.255 e. The minimum Gasteiger partial charge on any atom is -0.488 e. The van der Waals surface area contributed by atoms with E-state index in [1.54, 1.807) is 12.1 Å². The molecule has 6 nitrogen and oxygen atoms in total. The van der Waals surface area contributed by atoms with E-state index in [-0.39, 0.29) is 17.6 Å². The first kappa shape index (κ1) is 17.2. The second kappa shape index (κ2) is 7.21. The standard InChI is InChI=1S/C19H20ClN3O3/c20-15-3-1-4-16(9-15)26-17-10-19(25-12-17)6-2-8-23(13-19)18(24)14-5-7-21-22-11-14/h1,3-5,7,9,11,17H,2,6,8,10,12-13H2/t17-,19-/m1/s1. The number of nitrogens with zero attached hydrogens (tertiary/aromatic N) is 3. The van der Waals surface area contributed by atoms with Gasteiger partial charge in [0.25, 0.3) is 5.91 Å². The van der Waals surface area contributed by atoms with Crippen LogP contribution < -0.4 is 4.74 Å². The lowest BCUT2D eigenvalue weighted by Gasteiger charge is -2.39. The van der Waals surface area contributed by atoms with Gasteiger partial charge in [-0.05, 0) is 37.1 Å². The van der Waals surface area contributed by atoms with Crippen LogP contribution in [0.15, 0.2) is 42.7 Å². The molecule has 2 fully saturated rings. The van der Waals surface area contributed by atoms with Crippen molar-refractivity contribution in [1.82, 2.24) is 15.1 Å². The summed E-state index contributed by atoms with van der Waals surface area (Å²) in [4.78, 5) is 14.6. The predicted molar refractivity (Wildman–Crippen MR) is 96.3 cm³/mol. The quantitative estimate of drug-likeness (QED) is 0.827. The number of hydrogen-bond acceptors (Lipinski definition) is 5. The lowest BCUT2D eigenvalue weighted by Crippen LogP contribution is -2.50. The monoisotopic (exact) mass is 373 g/mol. The number of aromatic nitrogens is 2. The molecule has 0 saturated carbocycles. The number of carbonyl (C=O) groups is 1. The SMILES string of the molecule is O=C(c1ccnnc1)N1CCC[C@@]2(C[C@@H](Oc3cccc(Cl)c3)CO2)C1. The zero-order chi connectivity index (χ0) is 18.0. The summed E-state index contributed by atoms with van der Waals surface area (Å²) in [5.74, 6) is 0.719. The first-order valence-electron chi connectivity index (χ1n) is 8.76. The van der Waals surface area contributed by atoms with Gasteiger partial charge in [-0.3, -0.25) is 4.79 Å². The molecular formula is C19H20ClN3O3. The highest BCUT2D eigenvalue weighted by atomic mass is 35.5. The summed E-state index contributed by atoms with van der Waals surface area (Å²) < 4.78 is 12.2. The van der Waals surface area contributed by atoms with Crippen molar-refractivity contribution >= 4 is 17.5 Å². The topological polar surface area (TPSA) is 64.6 Å². The van der Waals surface area contributed by atoms with Crippen LogP contribution in [0.3, 0.4) is 0 Å². The van der Waals surface area contributed by atoms with E-state index in [2.05, 4.69) is 10.2 Å². The van der Waals surface area contributed by atoms with E-state index >= 15 is 0 Å². The van der Waals surface area contributed by atoms with Crippen LogP contribution in [0.2, 0.25) is 5.02 Å². The Morgan fingerprint density at radius 1 is 1.35 bits per heavy atom. The van der Waals surface area contributed by atoms with E-state index in [9.17, 15) is 4.79 Å². The minimum atomic E-state index is -0.336. The van der Waals surface area contributed by atoms with Crippen molar-refractivity contribution in [2.45, 2.75) is 31.0 Å². The summed E-state index contributed by atoms with van der Waals surface area (Å²) in [6, 6.07) is 9.08. The van der Waals surface area contributed by atoms with Crippen LogP contribution in [0, 0.1) is 0 Å². The van der Waals surface area contributed by atoms with E-state index in [4.69, 9.17) is 21.1 Å². The summed E-state index contributed by atoms with van der Waals surface area (Å²) in [6.45, 7) is 1.82. The lowest BCUT2D eigenvalue weighted by molar-refractivity contribution is -0.0453. The van der Waals surface area contributed by atoms with E-state index < -0.39 is 0 Å². The van der Waals surface area contributed by atoms with Crippen LogP contribution in [0.25, 0.3) is 0 Å². The fourth-order valence-electron chi connectivity index (χ4n) is 3.77. The molecule has 1 aromatic heterocycles. The molecule has 1 spiro atoms. The number of rotatable bonds is 3. The third-order valence-corrected chi connectivity index (χ3v) is 5.17. The number of piperidine rings is 1. The Kier molecular flexibility index (Phi) is 4.78. The van der Waals surface area contributed by atoms with Gasteiger partial charge in [0.05, 0.1) is 36.7 Å². The Hall–Kier alpha value is -2.18. The first-order valence-corrected chi connectivity index (χ1v) is 9.14. The van der Waals surface area contributed by atoms with Crippen molar-refractivity contribution in [3.05, 3.63) is 53.3 Å². The van der Waals surface area contributed by atoms with Crippen LogP contribution >= 0.6 is 11.6 Å². The minimum absolute atomic E-state index is 0.0261. The van der Waals surface area contributed by atoms with Crippen LogP contribution in [0.4, 0.5) is 0 Å². The third-order valence-electron chi connectivity index (χ3n) is 4.93. The number of halogens is 1. The maximum absolute atomic E-state index is 12.7. The highest BCUT2D eigenvalue weighted by molar-refractivity contribution is 6.30. The molecule has 1 amide bonds. The zero-order valence-corrected chi connectivity index (χ0v) is 15.1. The highest BCUT2D eigenvalue weighted by Gasteiger charge is 2.45. The normalized spacial score (nSPS) is 25.4. The van der Waals surface area contributed by atoms with Gasteiger partial charge in [-0.2, -0.15) is 10.2 Å². The highest BCUT2D eigenvalue weighted by Crippen LogP contribution is 2.36. The molecule has 2 aliphatic heterocycles. The van der Waals surface area contributed by atoms with Gasteiger partial charge in [-0.25, -0.2) is 0 Å². The Morgan fingerprint density at radius 3 is 3.08 bits per heavy atom. The fraction of sp³-hybridized carbons (Fsp3) is 0.421. The van der Waals surface area contributed by atoms with Gasteiger partial charge >= 0.3 is 0 Å². The van der Waals surface area contributed by atoms with Crippen LogP contribution in [0.1, 0.15) is 29.6 Å². The van der Waals surface area contributed by atoms with Crippen LogP contribution in [0.5, 0.6) is 5.75 Å². The van der Waals surface area contributed by atoms with E-state index in [1.807, 2.05) is 23.1 Å². The average Bonchev–Trinajstić information content (AvgIpc) is 3.03. The van der Waals surface area contributed by atoms with E-state index in [0.29, 0.717) is 23.7 Å². The van der Waals surface area contributed by atoms with Crippen molar-refractivity contribution in [2.75, 3.05) is 19.7 Å². The summed E-state index contributed by atoms with van der Waals surface area (Å²) in [6.07, 6.45) is 5.61. The molecule has 136 valence electrons. The second-order valence-corrected chi connectivity index (χ2v) is 7.29. The van der Waals surface area contributed by atoms with Gasteiger partial charge in [-0.1, -0.05) is 17.7 Å². The largest absolute Gasteiger partial charge is 0.488 e. The van der Waals surface area contributed by atoms with Crippen LogP contribution in [-0.4, -0.2) is 52.4 Å². The Balaban J connectivity index is 1.42. The second-order valence-electron chi connectivity index (χ2n) is 6.86. The zero-order valence-electron chi connectivity index (χ0n) is 14.3. The molecule has 4 rings (SSSR count). The summed E-state index contributed by atoms with van der Waals surface area (Å²) in [5, 5.41) is 8.17. The summed E-state index contributed by atoms with van der Waals surface area (Å²) >= 11 is 6.02. The molecule has 2 aromatic rings. The molecule has 2 atom stereocenters. The molecule has 2 saturated heterocycles. The number of ether oxygens (including phenoxy) is 2. The number of carbonyl (C=O) groups excluding carboxylic acids is 1. The van der Waals surface area contributed by atoms with Crippen molar-refractivity contribution in [3.63, 3.8) is 0 Å². The first-order chi connectivity index (χ1) is 12.6.